The first kappa shape index (κ1) is 17.5. The zero-order valence-electron chi connectivity index (χ0n) is 11.9. The van der Waals surface area contributed by atoms with Gasteiger partial charge in [-0.25, -0.2) is 17.2 Å². The second-order valence-electron chi connectivity index (χ2n) is 4.88. The summed E-state index contributed by atoms with van der Waals surface area (Å²) in [6, 6.07) is 1.50. The summed E-state index contributed by atoms with van der Waals surface area (Å²) in [7, 11) is -3.42. The molecule has 0 aliphatic rings. The maximum atomic E-state index is 13.6. The van der Waals surface area contributed by atoms with Crippen molar-refractivity contribution >= 4 is 16.0 Å². The molecule has 5 nitrogen and oxygen atoms in total. The average Bonchev–Trinajstić information content (AvgIpc) is 2.35. The number of carbonyl (C=O) groups is 1. The number of methoxy groups -OCH3 is 1. The molecule has 8 heteroatoms. The third-order valence-corrected chi connectivity index (χ3v) is 4.20. The molecular formula is C13H17F2NO4S. The minimum Gasteiger partial charge on any atom is -0.468 e. The van der Waals surface area contributed by atoms with Gasteiger partial charge in [0, 0.05) is 0 Å². The molecule has 0 aromatic heterocycles. The molecule has 1 N–H and O–H groups in total. The topological polar surface area (TPSA) is 72.5 Å². The number of halogens is 2. The van der Waals surface area contributed by atoms with Crippen LogP contribution in [-0.2, 0) is 19.6 Å². The molecule has 1 rings (SSSR count). The standard InChI is InChI=1S/C13H17F2NO4S/c1-8(2)7-11(13(17)20-3)16-21(18,19)12-9(14)5-4-6-10(12)15/h4-6,8,11,16H,7H2,1-3H3. The Morgan fingerprint density at radius 2 is 1.81 bits per heavy atom. The van der Waals surface area contributed by atoms with E-state index in [9.17, 15) is 22.0 Å². The Bertz CT molecular complexity index is 596. The Hall–Kier alpha value is -1.54. The molecule has 0 saturated heterocycles. The van der Waals surface area contributed by atoms with Gasteiger partial charge >= 0.3 is 5.97 Å². The Kier molecular flexibility index (Phi) is 5.79. The van der Waals surface area contributed by atoms with Crippen LogP contribution in [0.3, 0.4) is 0 Å². The summed E-state index contributed by atoms with van der Waals surface area (Å²) >= 11 is 0. The third-order valence-electron chi connectivity index (χ3n) is 2.68. The molecule has 0 radical (unpaired) electrons. The zero-order valence-corrected chi connectivity index (χ0v) is 12.7. The highest BCUT2D eigenvalue weighted by molar-refractivity contribution is 7.89. The minimum atomic E-state index is -4.52. The van der Waals surface area contributed by atoms with Gasteiger partial charge in [-0.3, -0.25) is 4.79 Å². The molecule has 1 atom stereocenters. The maximum Gasteiger partial charge on any atom is 0.323 e. The summed E-state index contributed by atoms with van der Waals surface area (Å²) in [4.78, 5) is 10.5. The molecule has 1 aromatic rings. The minimum absolute atomic E-state index is 0.0257. The number of esters is 1. The lowest BCUT2D eigenvalue weighted by Crippen LogP contribution is -2.42. The summed E-state index contributed by atoms with van der Waals surface area (Å²) in [5, 5.41) is 0. The Morgan fingerprint density at radius 1 is 1.29 bits per heavy atom. The van der Waals surface area contributed by atoms with E-state index in [1.807, 2.05) is 4.72 Å². The monoisotopic (exact) mass is 321 g/mol. The van der Waals surface area contributed by atoms with E-state index in [-0.39, 0.29) is 12.3 Å². The van der Waals surface area contributed by atoms with Crippen LogP contribution in [0, 0.1) is 17.6 Å². The van der Waals surface area contributed by atoms with E-state index in [0.29, 0.717) is 0 Å². The lowest BCUT2D eigenvalue weighted by molar-refractivity contribution is -0.143. The predicted molar refractivity (Wildman–Crippen MR) is 71.9 cm³/mol. The van der Waals surface area contributed by atoms with Crippen molar-refractivity contribution in [1.82, 2.24) is 4.72 Å². The highest BCUT2D eigenvalue weighted by Crippen LogP contribution is 2.19. The van der Waals surface area contributed by atoms with Crippen LogP contribution in [0.5, 0.6) is 0 Å². The normalized spacial score (nSPS) is 13.2. The fourth-order valence-electron chi connectivity index (χ4n) is 1.79. The first-order chi connectivity index (χ1) is 9.69. The van der Waals surface area contributed by atoms with E-state index in [2.05, 4.69) is 4.74 Å². The molecule has 0 bridgehead atoms. The highest BCUT2D eigenvalue weighted by atomic mass is 32.2. The van der Waals surface area contributed by atoms with Gasteiger partial charge in [-0.05, 0) is 24.5 Å². The number of hydrogen-bond donors (Lipinski definition) is 1. The number of ether oxygens (including phenoxy) is 1. The van der Waals surface area contributed by atoms with Crippen LogP contribution in [0.15, 0.2) is 23.1 Å². The summed E-state index contributed by atoms with van der Waals surface area (Å²) in [6.45, 7) is 3.54. The van der Waals surface area contributed by atoms with Gasteiger partial charge in [0.15, 0.2) is 4.90 Å². The molecule has 1 unspecified atom stereocenters. The number of sulfonamides is 1. The molecule has 0 spiro atoms. The lowest BCUT2D eigenvalue weighted by Gasteiger charge is -2.18. The molecule has 118 valence electrons. The van der Waals surface area contributed by atoms with E-state index in [1.165, 1.54) is 0 Å². The summed E-state index contributed by atoms with van der Waals surface area (Å²) in [6.07, 6.45) is 0.141. The fraction of sp³-hybridized carbons (Fsp3) is 0.462. The van der Waals surface area contributed by atoms with Gasteiger partial charge in [-0.15, -0.1) is 0 Å². The maximum absolute atomic E-state index is 13.6. The largest absolute Gasteiger partial charge is 0.468 e. The summed E-state index contributed by atoms with van der Waals surface area (Å²) < 4.78 is 57.8. The van der Waals surface area contributed by atoms with Crippen molar-refractivity contribution in [2.24, 2.45) is 5.92 Å². The van der Waals surface area contributed by atoms with Crippen molar-refractivity contribution in [3.63, 3.8) is 0 Å². The number of nitrogens with one attached hydrogen (secondary N) is 1. The van der Waals surface area contributed by atoms with Crippen LogP contribution in [0.25, 0.3) is 0 Å². The SMILES string of the molecule is COC(=O)C(CC(C)C)NS(=O)(=O)c1c(F)cccc1F. The van der Waals surface area contributed by atoms with Crippen LogP contribution in [0.1, 0.15) is 20.3 Å². The second-order valence-corrected chi connectivity index (χ2v) is 6.53. The molecule has 21 heavy (non-hydrogen) atoms. The van der Waals surface area contributed by atoms with Gasteiger partial charge in [-0.1, -0.05) is 19.9 Å². The van der Waals surface area contributed by atoms with Gasteiger partial charge in [0.1, 0.15) is 17.7 Å². The quantitative estimate of drug-likeness (QED) is 0.811. The van der Waals surface area contributed by atoms with E-state index in [0.717, 1.165) is 25.3 Å². The van der Waals surface area contributed by atoms with Crippen molar-refractivity contribution in [2.45, 2.75) is 31.2 Å². The van der Waals surface area contributed by atoms with Gasteiger partial charge in [-0.2, -0.15) is 4.72 Å². The molecule has 1 aromatic carbocycles. The van der Waals surface area contributed by atoms with Gasteiger partial charge in [0.05, 0.1) is 7.11 Å². The van der Waals surface area contributed by atoms with E-state index in [4.69, 9.17) is 0 Å². The van der Waals surface area contributed by atoms with Crippen LogP contribution in [0.4, 0.5) is 8.78 Å². The third kappa shape index (κ3) is 4.47. The van der Waals surface area contributed by atoms with Crippen LogP contribution < -0.4 is 4.72 Å². The molecule has 0 saturated carbocycles. The zero-order chi connectivity index (χ0) is 16.2. The van der Waals surface area contributed by atoms with Gasteiger partial charge in [0.2, 0.25) is 10.0 Å². The lowest BCUT2D eigenvalue weighted by atomic mass is 10.1. The van der Waals surface area contributed by atoms with Crippen molar-refractivity contribution in [3.05, 3.63) is 29.8 Å². The Balaban J connectivity index is 3.15. The summed E-state index contributed by atoms with van der Waals surface area (Å²) in [5.41, 5.74) is 0. The van der Waals surface area contributed by atoms with Crippen molar-refractivity contribution in [1.29, 1.82) is 0 Å². The summed E-state index contributed by atoms with van der Waals surface area (Å²) in [5.74, 6) is -3.29. The fourth-order valence-corrected chi connectivity index (χ4v) is 3.13. The smallest absolute Gasteiger partial charge is 0.323 e. The predicted octanol–water partition coefficient (Wildman–Crippen LogP) is 1.83. The number of carbonyl (C=O) groups excluding carboxylic acids is 1. The number of hydrogen-bond acceptors (Lipinski definition) is 4. The molecule has 0 heterocycles. The van der Waals surface area contributed by atoms with Gasteiger partial charge < -0.3 is 4.74 Å². The molecular weight excluding hydrogens is 304 g/mol. The van der Waals surface area contributed by atoms with Crippen LogP contribution >= 0.6 is 0 Å². The van der Waals surface area contributed by atoms with Crippen LogP contribution in [-0.4, -0.2) is 27.5 Å². The van der Waals surface area contributed by atoms with Crippen molar-refractivity contribution in [3.8, 4) is 0 Å². The van der Waals surface area contributed by atoms with Crippen molar-refractivity contribution < 1.29 is 26.7 Å². The molecule has 0 amide bonds. The van der Waals surface area contributed by atoms with E-state index < -0.39 is 38.6 Å². The van der Waals surface area contributed by atoms with E-state index >= 15 is 0 Å². The average molecular weight is 321 g/mol. The molecule has 0 fully saturated rings. The molecule has 0 aliphatic carbocycles. The number of rotatable bonds is 6. The van der Waals surface area contributed by atoms with E-state index in [1.54, 1.807) is 13.8 Å². The number of benzene rings is 1. The first-order valence-electron chi connectivity index (χ1n) is 6.23. The van der Waals surface area contributed by atoms with Gasteiger partial charge in [0.25, 0.3) is 0 Å². The van der Waals surface area contributed by atoms with Crippen LogP contribution in [0.2, 0.25) is 0 Å². The second kappa shape index (κ2) is 6.95. The van der Waals surface area contributed by atoms with Crippen molar-refractivity contribution in [2.75, 3.05) is 7.11 Å². The Morgan fingerprint density at radius 3 is 2.24 bits per heavy atom. The Labute approximate surface area is 122 Å². The first-order valence-corrected chi connectivity index (χ1v) is 7.71. The molecule has 0 aliphatic heterocycles. The highest BCUT2D eigenvalue weighted by Gasteiger charge is 2.30.